The lowest BCUT2D eigenvalue weighted by atomic mass is 10.2. The number of aliphatic carboxylic acids is 1. The molecule has 116 valence electrons. The van der Waals surface area contributed by atoms with E-state index in [0.717, 1.165) is 7.11 Å². The Labute approximate surface area is 121 Å². The monoisotopic (exact) mass is 298 g/mol. The molecule has 0 aliphatic heterocycles. The summed E-state index contributed by atoms with van der Waals surface area (Å²) in [4.78, 5) is 37.6. The normalized spacial score (nSPS) is 13.0. The fourth-order valence-electron chi connectivity index (χ4n) is 1.63. The SMILES string of the molecule is COC(=O)C[C@H](NC(=O)NC(C)Cn1ccnc1)C(=O)O. The Bertz CT molecular complexity index is 488. The molecule has 1 aromatic heterocycles. The van der Waals surface area contributed by atoms with Crippen molar-refractivity contribution in [3.63, 3.8) is 0 Å². The van der Waals surface area contributed by atoms with Gasteiger partial charge in [0.05, 0.1) is 19.9 Å². The highest BCUT2D eigenvalue weighted by molar-refractivity contribution is 5.86. The van der Waals surface area contributed by atoms with E-state index in [1.807, 2.05) is 0 Å². The first kappa shape index (κ1) is 16.5. The van der Waals surface area contributed by atoms with E-state index in [0.29, 0.717) is 6.54 Å². The largest absolute Gasteiger partial charge is 0.480 e. The average molecular weight is 298 g/mol. The van der Waals surface area contributed by atoms with Gasteiger partial charge in [-0.1, -0.05) is 0 Å². The highest BCUT2D eigenvalue weighted by atomic mass is 16.5. The van der Waals surface area contributed by atoms with Crippen LogP contribution in [0.2, 0.25) is 0 Å². The number of nitrogens with zero attached hydrogens (tertiary/aromatic N) is 2. The van der Waals surface area contributed by atoms with E-state index in [9.17, 15) is 14.4 Å². The van der Waals surface area contributed by atoms with Gasteiger partial charge in [0.2, 0.25) is 0 Å². The molecule has 0 saturated heterocycles. The summed E-state index contributed by atoms with van der Waals surface area (Å²) in [7, 11) is 1.15. The Kier molecular flexibility index (Phi) is 6.18. The molecule has 3 N–H and O–H groups in total. The number of nitrogens with one attached hydrogen (secondary N) is 2. The topological polar surface area (TPSA) is 123 Å². The summed E-state index contributed by atoms with van der Waals surface area (Å²) < 4.78 is 6.15. The molecule has 0 radical (unpaired) electrons. The van der Waals surface area contributed by atoms with Gasteiger partial charge in [0.15, 0.2) is 0 Å². The van der Waals surface area contributed by atoms with Crippen molar-refractivity contribution in [2.45, 2.75) is 32.0 Å². The molecule has 2 atom stereocenters. The number of hydrogen-bond acceptors (Lipinski definition) is 5. The second-order valence-corrected chi connectivity index (χ2v) is 4.45. The minimum atomic E-state index is -1.34. The van der Waals surface area contributed by atoms with Crippen LogP contribution in [0.15, 0.2) is 18.7 Å². The first-order valence-electron chi connectivity index (χ1n) is 6.24. The standard InChI is InChI=1S/C12H18N4O5/c1-8(6-16-4-3-13-7-16)14-12(20)15-9(11(18)19)5-10(17)21-2/h3-4,7-9H,5-6H2,1-2H3,(H,18,19)(H2,14,15,20)/t8?,9-/m0/s1. The molecule has 0 aromatic carbocycles. The van der Waals surface area contributed by atoms with Crippen molar-refractivity contribution in [2.24, 2.45) is 0 Å². The van der Waals surface area contributed by atoms with Gasteiger partial charge < -0.3 is 25.0 Å². The summed E-state index contributed by atoms with van der Waals surface area (Å²) in [6.45, 7) is 2.25. The lowest BCUT2D eigenvalue weighted by molar-refractivity contribution is -0.147. The van der Waals surface area contributed by atoms with E-state index in [-0.39, 0.29) is 6.04 Å². The van der Waals surface area contributed by atoms with Crippen LogP contribution in [0.5, 0.6) is 0 Å². The molecule has 21 heavy (non-hydrogen) atoms. The number of carboxylic acids is 1. The van der Waals surface area contributed by atoms with E-state index in [1.54, 1.807) is 30.2 Å². The van der Waals surface area contributed by atoms with Gasteiger partial charge >= 0.3 is 18.0 Å². The summed E-state index contributed by atoms with van der Waals surface area (Å²) in [5, 5.41) is 13.7. The van der Waals surface area contributed by atoms with Crippen LogP contribution >= 0.6 is 0 Å². The van der Waals surface area contributed by atoms with Crippen LogP contribution in [-0.2, 0) is 20.9 Å². The summed E-state index contributed by atoms with van der Waals surface area (Å²) >= 11 is 0. The number of urea groups is 1. The van der Waals surface area contributed by atoms with Gasteiger partial charge in [-0.3, -0.25) is 4.79 Å². The number of esters is 1. The molecule has 1 rings (SSSR count). The van der Waals surface area contributed by atoms with E-state index in [2.05, 4.69) is 20.4 Å². The first-order valence-corrected chi connectivity index (χ1v) is 6.24. The number of carboxylic acid groups (broad SMARTS) is 1. The Morgan fingerprint density at radius 2 is 2.10 bits per heavy atom. The Morgan fingerprint density at radius 1 is 1.38 bits per heavy atom. The zero-order valence-electron chi connectivity index (χ0n) is 11.8. The number of ether oxygens (including phenoxy) is 1. The van der Waals surface area contributed by atoms with E-state index in [4.69, 9.17) is 5.11 Å². The van der Waals surface area contributed by atoms with Crippen molar-refractivity contribution in [1.82, 2.24) is 20.2 Å². The molecule has 0 aliphatic carbocycles. The molecule has 9 nitrogen and oxygen atoms in total. The summed E-state index contributed by atoms with van der Waals surface area (Å²) in [6, 6.07) is -2.25. The van der Waals surface area contributed by atoms with Crippen molar-refractivity contribution in [1.29, 1.82) is 0 Å². The molecular weight excluding hydrogens is 280 g/mol. The van der Waals surface area contributed by atoms with Crippen LogP contribution in [0.4, 0.5) is 4.79 Å². The maximum atomic E-state index is 11.7. The molecule has 0 spiro atoms. The van der Waals surface area contributed by atoms with Gasteiger partial charge in [0.25, 0.3) is 0 Å². The Morgan fingerprint density at radius 3 is 2.62 bits per heavy atom. The average Bonchev–Trinajstić information content (AvgIpc) is 2.89. The first-order chi connectivity index (χ1) is 9.92. The van der Waals surface area contributed by atoms with Gasteiger partial charge in [-0.05, 0) is 6.92 Å². The third kappa shape index (κ3) is 5.93. The zero-order valence-corrected chi connectivity index (χ0v) is 11.8. The third-order valence-electron chi connectivity index (χ3n) is 2.62. The van der Waals surface area contributed by atoms with Crippen molar-refractivity contribution >= 4 is 18.0 Å². The van der Waals surface area contributed by atoms with Crippen LogP contribution < -0.4 is 10.6 Å². The predicted octanol–water partition coefficient (Wildman–Crippen LogP) is -0.413. The molecule has 1 unspecified atom stereocenters. The van der Waals surface area contributed by atoms with E-state index < -0.39 is 30.4 Å². The van der Waals surface area contributed by atoms with Crippen LogP contribution in [0.3, 0.4) is 0 Å². The highest BCUT2D eigenvalue weighted by Gasteiger charge is 2.24. The molecule has 9 heteroatoms. The lowest BCUT2D eigenvalue weighted by Crippen LogP contribution is -2.49. The Balaban J connectivity index is 2.45. The van der Waals surface area contributed by atoms with Gasteiger partial charge in [-0.25, -0.2) is 14.6 Å². The van der Waals surface area contributed by atoms with E-state index >= 15 is 0 Å². The van der Waals surface area contributed by atoms with Crippen molar-refractivity contribution in [2.75, 3.05) is 7.11 Å². The van der Waals surface area contributed by atoms with Gasteiger partial charge in [-0.15, -0.1) is 0 Å². The summed E-state index contributed by atoms with van der Waals surface area (Å²) in [5.74, 6) is -2.02. The molecule has 1 heterocycles. The van der Waals surface area contributed by atoms with Crippen molar-refractivity contribution < 1.29 is 24.2 Å². The fourth-order valence-corrected chi connectivity index (χ4v) is 1.63. The maximum absolute atomic E-state index is 11.7. The Hall–Kier alpha value is -2.58. The minimum Gasteiger partial charge on any atom is -0.480 e. The molecule has 2 amide bonds. The molecule has 0 saturated carbocycles. The second kappa shape index (κ2) is 7.88. The van der Waals surface area contributed by atoms with Crippen LogP contribution in [-0.4, -0.2) is 51.8 Å². The number of aromatic nitrogens is 2. The lowest BCUT2D eigenvalue weighted by Gasteiger charge is -2.18. The van der Waals surface area contributed by atoms with E-state index in [1.165, 1.54) is 0 Å². The van der Waals surface area contributed by atoms with Crippen molar-refractivity contribution in [3.05, 3.63) is 18.7 Å². The molecule has 0 fully saturated rings. The number of rotatable bonds is 7. The summed E-state index contributed by atoms with van der Waals surface area (Å²) in [6.07, 6.45) is 4.53. The van der Waals surface area contributed by atoms with Crippen LogP contribution in [0.25, 0.3) is 0 Å². The quantitative estimate of drug-likeness (QED) is 0.588. The second-order valence-electron chi connectivity index (χ2n) is 4.45. The number of carbonyl (C=O) groups is 3. The number of imidazole rings is 1. The number of carbonyl (C=O) groups excluding carboxylic acids is 2. The smallest absolute Gasteiger partial charge is 0.326 e. The number of amides is 2. The van der Waals surface area contributed by atoms with Gasteiger partial charge in [-0.2, -0.15) is 0 Å². The molecule has 0 bridgehead atoms. The van der Waals surface area contributed by atoms with Crippen LogP contribution in [0.1, 0.15) is 13.3 Å². The number of methoxy groups -OCH3 is 1. The number of hydrogen-bond donors (Lipinski definition) is 3. The third-order valence-corrected chi connectivity index (χ3v) is 2.62. The highest BCUT2D eigenvalue weighted by Crippen LogP contribution is 1.96. The minimum absolute atomic E-state index is 0.244. The fraction of sp³-hybridized carbons (Fsp3) is 0.500. The predicted molar refractivity (Wildman–Crippen MR) is 71.4 cm³/mol. The summed E-state index contributed by atoms with van der Waals surface area (Å²) in [5.41, 5.74) is 0. The molecule has 0 aliphatic rings. The molecule has 1 aromatic rings. The maximum Gasteiger partial charge on any atom is 0.326 e. The molecular formula is C12H18N4O5. The zero-order chi connectivity index (χ0) is 15.8. The van der Waals surface area contributed by atoms with Crippen molar-refractivity contribution in [3.8, 4) is 0 Å². The van der Waals surface area contributed by atoms with Crippen LogP contribution in [0, 0.1) is 0 Å². The van der Waals surface area contributed by atoms with Gasteiger partial charge in [0, 0.05) is 25.0 Å². The van der Waals surface area contributed by atoms with Gasteiger partial charge in [0.1, 0.15) is 6.04 Å².